The maximum absolute atomic E-state index is 6.21. The Bertz CT molecular complexity index is 323. The van der Waals surface area contributed by atoms with Crippen LogP contribution in [0.15, 0.2) is 18.2 Å². The lowest BCUT2D eigenvalue weighted by atomic mass is 10.00. The molecule has 0 heterocycles. The van der Waals surface area contributed by atoms with E-state index in [0.29, 0.717) is 5.92 Å². The summed E-state index contributed by atoms with van der Waals surface area (Å²) in [6, 6.07) is 6.32. The minimum absolute atomic E-state index is 0.631. The van der Waals surface area contributed by atoms with E-state index in [9.17, 15) is 0 Å². The minimum Gasteiger partial charge on any atom is -0.316 e. The van der Waals surface area contributed by atoms with Crippen molar-refractivity contribution in [3.05, 3.63) is 34.3 Å². The molecule has 0 amide bonds. The van der Waals surface area contributed by atoms with Crippen LogP contribution in [0.1, 0.15) is 31.4 Å². The van der Waals surface area contributed by atoms with Crippen molar-refractivity contribution in [1.29, 1.82) is 0 Å². The van der Waals surface area contributed by atoms with Gasteiger partial charge in [0.15, 0.2) is 0 Å². The molecule has 1 nitrogen and oxygen atoms in total. The Morgan fingerprint density at radius 2 is 2.12 bits per heavy atom. The maximum Gasteiger partial charge on any atom is 0.0440 e. The summed E-state index contributed by atoms with van der Waals surface area (Å²) >= 11 is 6.21. The summed E-state index contributed by atoms with van der Waals surface area (Å²) < 4.78 is 0. The van der Waals surface area contributed by atoms with Crippen LogP contribution < -0.4 is 5.32 Å². The highest BCUT2D eigenvalue weighted by Crippen LogP contribution is 2.20. The molecule has 90 valence electrons. The summed E-state index contributed by atoms with van der Waals surface area (Å²) in [5.41, 5.74) is 2.49. The molecule has 1 N–H and O–H groups in total. The molecule has 0 saturated heterocycles. The Kier molecular flexibility index (Phi) is 5.86. The normalized spacial score (nSPS) is 12.8. The highest BCUT2D eigenvalue weighted by molar-refractivity contribution is 6.31. The van der Waals surface area contributed by atoms with E-state index in [0.717, 1.165) is 24.5 Å². The van der Waals surface area contributed by atoms with Crippen molar-refractivity contribution in [2.75, 3.05) is 13.1 Å². The summed E-state index contributed by atoms with van der Waals surface area (Å²) in [6.45, 7) is 8.69. The van der Waals surface area contributed by atoms with Crippen LogP contribution in [0.2, 0.25) is 5.02 Å². The Balaban J connectivity index is 2.46. The van der Waals surface area contributed by atoms with Crippen molar-refractivity contribution in [3.8, 4) is 0 Å². The maximum atomic E-state index is 6.21. The average Bonchev–Trinajstić information content (AvgIpc) is 2.23. The van der Waals surface area contributed by atoms with Gasteiger partial charge in [0.2, 0.25) is 0 Å². The summed E-state index contributed by atoms with van der Waals surface area (Å²) in [5, 5.41) is 4.35. The highest BCUT2D eigenvalue weighted by Gasteiger charge is 2.06. The zero-order chi connectivity index (χ0) is 12.0. The van der Waals surface area contributed by atoms with E-state index < -0.39 is 0 Å². The number of aryl methyl sites for hydroxylation is 1. The van der Waals surface area contributed by atoms with Gasteiger partial charge in [-0.3, -0.25) is 0 Å². The van der Waals surface area contributed by atoms with E-state index in [4.69, 9.17) is 11.6 Å². The predicted molar refractivity (Wildman–Crippen MR) is 72.2 cm³/mol. The lowest BCUT2D eigenvalue weighted by molar-refractivity contribution is 0.511. The van der Waals surface area contributed by atoms with Crippen LogP contribution in [0, 0.1) is 12.8 Å². The smallest absolute Gasteiger partial charge is 0.0440 e. The number of hydrogen-bond acceptors (Lipinski definition) is 1. The molecular formula is C14H22ClN. The average molecular weight is 240 g/mol. The van der Waals surface area contributed by atoms with Gasteiger partial charge in [0.1, 0.15) is 0 Å². The van der Waals surface area contributed by atoms with Gasteiger partial charge < -0.3 is 5.32 Å². The quantitative estimate of drug-likeness (QED) is 0.745. The van der Waals surface area contributed by atoms with Crippen molar-refractivity contribution in [2.24, 2.45) is 5.92 Å². The molecule has 0 fully saturated rings. The molecule has 1 unspecified atom stereocenters. The van der Waals surface area contributed by atoms with Gasteiger partial charge in [-0.15, -0.1) is 0 Å². The van der Waals surface area contributed by atoms with Gasteiger partial charge in [-0.1, -0.05) is 37.6 Å². The van der Waals surface area contributed by atoms with Crippen LogP contribution in [-0.2, 0) is 6.42 Å². The molecule has 0 spiro atoms. The van der Waals surface area contributed by atoms with Gasteiger partial charge in [-0.25, -0.2) is 0 Å². The number of nitrogens with one attached hydrogen (secondary N) is 1. The third-order valence-corrected chi connectivity index (χ3v) is 3.05. The Hall–Kier alpha value is -0.530. The number of halogens is 1. The molecule has 1 aromatic rings. The molecular weight excluding hydrogens is 218 g/mol. The number of hydrogen-bond donors (Lipinski definition) is 1. The van der Waals surface area contributed by atoms with E-state index >= 15 is 0 Å². The van der Waals surface area contributed by atoms with Gasteiger partial charge in [-0.2, -0.15) is 0 Å². The van der Waals surface area contributed by atoms with E-state index in [2.05, 4.69) is 38.2 Å². The molecule has 0 aromatic heterocycles. The Morgan fingerprint density at radius 3 is 2.75 bits per heavy atom. The molecule has 0 saturated carbocycles. The predicted octanol–water partition coefficient (Wildman–Crippen LogP) is 3.83. The monoisotopic (exact) mass is 239 g/mol. The first-order valence-electron chi connectivity index (χ1n) is 6.09. The van der Waals surface area contributed by atoms with Gasteiger partial charge >= 0.3 is 0 Å². The van der Waals surface area contributed by atoms with E-state index in [-0.39, 0.29) is 0 Å². The van der Waals surface area contributed by atoms with Crippen LogP contribution >= 0.6 is 11.6 Å². The van der Waals surface area contributed by atoms with E-state index in [1.165, 1.54) is 17.5 Å². The zero-order valence-corrected chi connectivity index (χ0v) is 11.3. The molecule has 2 heteroatoms. The largest absolute Gasteiger partial charge is 0.316 e. The van der Waals surface area contributed by atoms with Gasteiger partial charge in [-0.05, 0) is 56.0 Å². The van der Waals surface area contributed by atoms with E-state index in [1.807, 2.05) is 6.07 Å². The number of benzene rings is 1. The molecule has 1 aromatic carbocycles. The third-order valence-electron chi connectivity index (χ3n) is 2.70. The van der Waals surface area contributed by atoms with Crippen LogP contribution in [0.4, 0.5) is 0 Å². The van der Waals surface area contributed by atoms with Crippen LogP contribution in [-0.4, -0.2) is 13.1 Å². The summed E-state index contributed by atoms with van der Waals surface area (Å²) in [4.78, 5) is 0. The lowest BCUT2D eigenvalue weighted by Crippen LogP contribution is -2.23. The topological polar surface area (TPSA) is 12.0 Å². The molecule has 0 bridgehead atoms. The van der Waals surface area contributed by atoms with Crippen molar-refractivity contribution >= 4 is 11.6 Å². The molecule has 1 rings (SSSR count). The third kappa shape index (κ3) is 4.54. The summed E-state index contributed by atoms with van der Waals surface area (Å²) in [5.74, 6) is 0.631. The van der Waals surface area contributed by atoms with Crippen molar-refractivity contribution in [2.45, 2.75) is 33.6 Å². The lowest BCUT2D eigenvalue weighted by Gasteiger charge is -2.13. The van der Waals surface area contributed by atoms with Crippen LogP contribution in [0.3, 0.4) is 0 Å². The Labute approximate surface area is 104 Å². The molecule has 16 heavy (non-hydrogen) atoms. The Morgan fingerprint density at radius 1 is 1.38 bits per heavy atom. The van der Waals surface area contributed by atoms with Crippen molar-refractivity contribution < 1.29 is 0 Å². The first kappa shape index (κ1) is 13.5. The second-order valence-electron chi connectivity index (χ2n) is 4.61. The second kappa shape index (κ2) is 6.93. The van der Waals surface area contributed by atoms with Crippen molar-refractivity contribution in [3.63, 3.8) is 0 Å². The minimum atomic E-state index is 0.631. The first-order chi connectivity index (χ1) is 7.63. The molecule has 0 aliphatic carbocycles. The fraction of sp³-hybridized carbons (Fsp3) is 0.571. The highest BCUT2D eigenvalue weighted by atomic mass is 35.5. The van der Waals surface area contributed by atoms with Gasteiger partial charge in [0.05, 0.1) is 0 Å². The molecule has 0 aliphatic heterocycles. The fourth-order valence-electron chi connectivity index (χ4n) is 1.79. The van der Waals surface area contributed by atoms with Gasteiger partial charge in [0.25, 0.3) is 0 Å². The van der Waals surface area contributed by atoms with E-state index in [1.54, 1.807) is 0 Å². The van der Waals surface area contributed by atoms with Crippen LogP contribution in [0.25, 0.3) is 0 Å². The molecule has 0 aliphatic rings. The van der Waals surface area contributed by atoms with Crippen LogP contribution in [0.5, 0.6) is 0 Å². The SMILES string of the molecule is CCCNCC(C)Cc1ccc(C)cc1Cl. The van der Waals surface area contributed by atoms with Crippen molar-refractivity contribution in [1.82, 2.24) is 5.32 Å². The molecule has 0 radical (unpaired) electrons. The standard InChI is InChI=1S/C14H22ClN/c1-4-7-16-10-12(3)8-13-6-5-11(2)9-14(13)15/h5-6,9,12,16H,4,7-8,10H2,1-3H3. The fourth-order valence-corrected chi connectivity index (χ4v) is 2.10. The van der Waals surface area contributed by atoms with Gasteiger partial charge in [0, 0.05) is 5.02 Å². The zero-order valence-electron chi connectivity index (χ0n) is 10.5. The molecule has 1 atom stereocenters. The number of rotatable bonds is 6. The summed E-state index contributed by atoms with van der Waals surface area (Å²) in [7, 11) is 0. The first-order valence-corrected chi connectivity index (χ1v) is 6.47. The second-order valence-corrected chi connectivity index (χ2v) is 5.02. The summed E-state index contributed by atoms with van der Waals surface area (Å²) in [6.07, 6.45) is 2.24.